The first-order valence-corrected chi connectivity index (χ1v) is 9.61. The zero-order chi connectivity index (χ0) is 18.8. The van der Waals surface area contributed by atoms with Crippen molar-refractivity contribution in [3.05, 3.63) is 29.8 Å². The second-order valence-electron chi connectivity index (χ2n) is 7.03. The number of nitrogens with one attached hydrogen (secondary N) is 2. The van der Waals surface area contributed by atoms with Gasteiger partial charge in [0.05, 0.1) is 4.90 Å². The zero-order valence-electron chi connectivity index (χ0n) is 14.8. The highest BCUT2D eigenvalue weighted by Gasteiger charge is 2.47. The molecule has 1 heterocycles. The predicted molar refractivity (Wildman–Crippen MR) is 92.8 cm³/mol. The molecule has 7 nitrogen and oxygen atoms in total. The van der Waals surface area contributed by atoms with Gasteiger partial charge in [0.25, 0.3) is 0 Å². The maximum Gasteiger partial charge on any atom is 0.327 e. The number of carbonyl (C=O) groups is 2. The van der Waals surface area contributed by atoms with Gasteiger partial charge in [0.2, 0.25) is 5.91 Å². The molecule has 2 N–H and O–H groups in total. The molecule has 8 heteroatoms. The van der Waals surface area contributed by atoms with Crippen LogP contribution in [0.25, 0.3) is 0 Å². The summed E-state index contributed by atoms with van der Waals surface area (Å²) in [5, 5.41) is 3.76. The fourth-order valence-electron chi connectivity index (χ4n) is 2.54. The Bertz CT molecular complexity index is 750. The van der Waals surface area contributed by atoms with Gasteiger partial charge in [0, 0.05) is 13.1 Å². The van der Waals surface area contributed by atoms with Crippen molar-refractivity contribution in [1.29, 1.82) is 0 Å². The van der Waals surface area contributed by atoms with Gasteiger partial charge in [-0.05, 0) is 39.8 Å². The molecule has 1 aromatic carbocycles. The molecule has 1 unspecified atom stereocenters. The number of ether oxygens (including phenoxy) is 1. The quantitative estimate of drug-likeness (QED) is 0.754. The van der Waals surface area contributed by atoms with Crippen molar-refractivity contribution in [1.82, 2.24) is 10.6 Å². The van der Waals surface area contributed by atoms with Gasteiger partial charge in [0.1, 0.15) is 11.6 Å². The maximum atomic E-state index is 13.1. The summed E-state index contributed by atoms with van der Waals surface area (Å²) in [5.74, 6) is -1.47. The molecule has 2 rings (SSSR count). The molecule has 1 aliphatic heterocycles. The predicted octanol–water partition coefficient (Wildman–Crippen LogP) is 0.567. The Morgan fingerprint density at radius 3 is 2.32 bits per heavy atom. The number of aryl methyl sites for hydroxylation is 1. The molecule has 1 saturated heterocycles. The van der Waals surface area contributed by atoms with E-state index in [-0.39, 0.29) is 4.90 Å². The lowest BCUT2D eigenvalue weighted by molar-refractivity contribution is -0.156. The standard InChI is InChI=1S/C17H24N2O5S/c1-11-5-7-12(8-6-11)25(22,23)14(16(21)24-17(2,3)4)13-15(20)19-10-9-18-13/h5-8,13-14,18H,9-10H2,1-4H3,(H,19,20)/t13?,14-/m1/s1. The first-order valence-electron chi connectivity index (χ1n) is 8.07. The van der Waals surface area contributed by atoms with E-state index in [0.29, 0.717) is 13.1 Å². The van der Waals surface area contributed by atoms with E-state index in [4.69, 9.17) is 4.74 Å². The first kappa shape index (κ1) is 19.4. The summed E-state index contributed by atoms with van der Waals surface area (Å²) in [7, 11) is -4.12. The summed E-state index contributed by atoms with van der Waals surface area (Å²) in [6.07, 6.45) is 0. The van der Waals surface area contributed by atoms with Crippen LogP contribution in [0.5, 0.6) is 0 Å². The van der Waals surface area contributed by atoms with Gasteiger partial charge in [-0.1, -0.05) is 17.7 Å². The zero-order valence-corrected chi connectivity index (χ0v) is 15.6. The van der Waals surface area contributed by atoms with Crippen molar-refractivity contribution in [3.63, 3.8) is 0 Å². The molecule has 0 aliphatic carbocycles. The number of rotatable bonds is 4. The van der Waals surface area contributed by atoms with Crippen LogP contribution in [0, 0.1) is 6.92 Å². The third kappa shape index (κ3) is 4.58. The number of carbonyl (C=O) groups excluding carboxylic acids is 2. The van der Waals surface area contributed by atoms with Crippen LogP contribution in [-0.2, 0) is 24.2 Å². The third-order valence-electron chi connectivity index (χ3n) is 3.70. The van der Waals surface area contributed by atoms with Crippen LogP contribution in [0.15, 0.2) is 29.2 Å². The summed E-state index contributed by atoms with van der Waals surface area (Å²) in [6.45, 7) is 7.52. The van der Waals surface area contributed by atoms with Crippen molar-refractivity contribution in [2.45, 2.75) is 49.5 Å². The van der Waals surface area contributed by atoms with Gasteiger partial charge >= 0.3 is 5.97 Å². The summed E-state index contributed by atoms with van der Waals surface area (Å²) in [5.41, 5.74) is 0.0183. The molecule has 1 aromatic rings. The van der Waals surface area contributed by atoms with Crippen LogP contribution in [0.3, 0.4) is 0 Å². The minimum absolute atomic E-state index is 0.0193. The Hall–Kier alpha value is -1.93. The number of hydrogen-bond acceptors (Lipinski definition) is 6. The Labute approximate surface area is 148 Å². The average Bonchev–Trinajstić information content (AvgIpc) is 2.48. The molecule has 0 spiro atoms. The van der Waals surface area contributed by atoms with Crippen LogP contribution < -0.4 is 10.6 Å². The van der Waals surface area contributed by atoms with E-state index in [9.17, 15) is 18.0 Å². The van der Waals surface area contributed by atoms with E-state index in [1.165, 1.54) is 12.1 Å². The van der Waals surface area contributed by atoms with Crippen LogP contribution in [0.4, 0.5) is 0 Å². The van der Waals surface area contributed by atoms with Gasteiger partial charge in [-0.15, -0.1) is 0 Å². The van der Waals surface area contributed by atoms with Gasteiger partial charge in [-0.3, -0.25) is 9.59 Å². The van der Waals surface area contributed by atoms with E-state index in [1.54, 1.807) is 32.9 Å². The number of hydrogen-bond donors (Lipinski definition) is 2. The molecule has 1 fully saturated rings. The highest BCUT2D eigenvalue weighted by atomic mass is 32.2. The Morgan fingerprint density at radius 2 is 1.80 bits per heavy atom. The van der Waals surface area contributed by atoms with Crippen LogP contribution in [-0.4, -0.2) is 50.3 Å². The summed E-state index contributed by atoms with van der Waals surface area (Å²) >= 11 is 0. The van der Waals surface area contributed by atoms with Gasteiger partial charge in [-0.25, -0.2) is 8.42 Å². The first-order chi connectivity index (χ1) is 11.5. The number of esters is 1. The third-order valence-corrected chi connectivity index (χ3v) is 5.76. The summed E-state index contributed by atoms with van der Waals surface area (Å²) in [4.78, 5) is 24.8. The lowest BCUT2D eigenvalue weighted by atomic mass is 10.1. The Balaban J connectivity index is 2.47. The molecular weight excluding hydrogens is 344 g/mol. The number of amides is 1. The minimum Gasteiger partial charge on any atom is -0.459 e. The molecule has 0 bridgehead atoms. The lowest BCUT2D eigenvalue weighted by Crippen LogP contribution is -2.62. The lowest BCUT2D eigenvalue weighted by Gasteiger charge is -2.31. The van der Waals surface area contributed by atoms with E-state index >= 15 is 0 Å². The Morgan fingerprint density at radius 1 is 1.20 bits per heavy atom. The van der Waals surface area contributed by atoms with E-state index in [2.05, 4.69) is 10.6 Å². The van der Waals surface area contributed by atoms with E-state index < -0.39 is 38.6 Å². The average molecular weight is 368 g/mol. The fraction of sp³-hybridized carbons (Fsp3) is 0.529. The number of sulfone groups is 1. The van der Waals surface area contributed by atoms with Crippen molar-refractivity contribution in [3.8, 4) is 0 Å². The molecule has 138 valence electrons. The highest BCUT2D eigenvalue weighted by Crippen LogP contribution is 2.23. The van der Waals surface area contributed by atoms with Crippen LogP contribution >= 0.6 is 0 Å². The molecule has 1 amide bonds. The van der Waals surface area contributed by atoms with Crippen molar-refractivity contribution >= 4 is 21.7 Å². The maximum absolute atomic E-state index is 13.1. The summed E-state index contributed by atoms with van der Waals surface area (Å²) in [6, 6.07) is 4.96. The normalized spacial score (nSPS) is 19.8. The fourth-order valence-corrected chi connectivity index (χ4v) is 4.23. The van der Waals surface area contributed by atoms with Gasteiger partial charge < -0.3 is 15.4 Å². The van der Waals surface area contributed by atoms with E-state index in [1.807, 2.05) is 6.92 Å². The highest BCUT2D eigenvalue weighted by molar-refractivity contribution is 7.93. The molecule has 0 radical (unpaired) electrons. The molecule has 25 heavy (non-hydrogen) atoms. The van der Waals surface area contributed by atoms with Crippen molar-refractivity contribution < 1.29 is 22.7 Å². The molecule has 1 aliphatic rings. The topological polar surface area (TPSA) is 102 Å². The van der Waals surface area contributed by atoms with Gasteiger partial charge in [0.15, 0.2) is 15.1 Å². The number of piperazine rings is 1. The molecule has 2 atom stereocenters. The largest absolute Gasteiger partial charge is 0.459 e. The van der Waals surface area contributed by atoms with Crippen LogP contribution in [0.2, 0.25) is 0 Å². The molecule has 0 saturated carbocycles. The Kier molecular flexibility index (Phi) is 5.53. The minimum atomic E-state index is -4.12. The second kappa shape index (κ2) is 7.13. The van der Waals surface area contributed by atoms with E-state index in [0.717, 1.165) is 5.56 Å². The van der Waals surface area contributed by atoms with Crippen LogP contribution in [0.1, 0.15) is 26.3 Å². The summed E-state index contributed by atoms with van der Waals surface area (Å²) < 4.78 is 31.5. The second-order valence-corrected chi connectivity index (χ2v) is 9.10. The SMILES string of the molecule is Cc1ccc(S(=O)(=O)[C@@H](C(=O)OC(C)(C)C)C2NCCNC2=O)cc1. The smallest absolute Gasteiger partial charge is 0.327 e. The van der Waals surface area contributed by atoms with Crippen molar-refractivity contribution in [2.75, 3.05) is 13.1 Å². The van der Waals surface area contributed by atoms with Crippen molar-refractivity contribution in [2.24, 2.45) is 0 Å². The number of benzene rings is 1. The molecule has 0 aromatic heterocycles. The monoisotopic (exact) mass is 368 g/mol. The van der Waals surface area contributed by atoms with Gasteiger partial charge in [-0.2, -0.15) is 0 Å². The molecular formula is C17H24N2O5S.